The maximum atomic E-state index is 12.0. The smallest absolute Gasteiger partial charge is 0.323 e. The first-order chi connectivity index (χ1) is 11.9. The maximum Gasteiger partial charge on any atom is 0.323 e. The highest BCUT2D eigenvalue weighted by molar-refractivity contribution is 5.75. The predicted molar refractivity (Wildman–Crippen MR) is 98.2 cm³/mol. The van der Waals surface area contributed by atoms with Gasteiger partial charge >= 0.3 is 11.9 Å². The summed E-state index contributed by atoms with van der Waals surface area (Å²) in [5.41, 5.74) is 0. The van der Waals surface area contributed by atoms with Gasteiger partial charge in [-0.2, -0.15) is 0 Å². The number of carbonyl (C=O) groups excluding carboxylic acids is 2. The second-order valence-electron chi connectivity index (χ2n) is 6.62. The Hall–Kier alpha value is -1.14. The van der Waals surface area contributed by atoms with Crippen molar-refractivity contribution in [3.63, 3.8) is 0 Å². The second-order valence-corrected chi connectivity index (χ2v) is 6.62. The zero-order valence-electron chi connectivity index (χ0n) is 16.4. The molecule has 2 N–H and O–H groups in total. The highest BCUT2D eigenvalue weighted by atomic mass is 16.5. The fourth-order valence-corrected chi connectivity index (χ4v) is 2.49. The molecule has 2 atom stereocenters. The number of rotatable bonds is 15. The molecule has 6 nitrogen and oxygen atoms in total. The summed E-state index contributed by atoms with van der Waals surface area (Å²) in [6.07, 6.45) is 5.04. The molecule has 0 spiro atoms. The number of carbonyl (C=O) groups is 2. The van der Waals surface area contributed by atoms with Crippen molar-refractivity contribution in [3.05, 3.63) is 0 Å². The fraction of sp³-hybridized carbons (Fsp3) is 0.895. The molecule has 0 aromatic rings. The molecule has 6 heteroatoms. The summed E-state index contributed by atoms with van der Waals surface area (Å²) in [7, 11) is 0. The van der Waals surface area contributed by atoms with Crippen LogP contribution in [0.3, 0.4) is 0 Å². The number of unbranched alkanes of at least 4 members (excludes halogenated alkanes) is 3. The fourth-order valence-electron chi connectivity index (χ4n) is 2.49. The van der Waals surface area contributed by atoms with Gasteiger partial charge in [-0.1, -0.05) is 33.1 Å². The van der Waals surface area contributed by atoms with Crippen LogP contribution in [0.5, 0.6) is 0 Å². The number of aliphatic hydroxyl groups is 1. The average Bonchev–Trinajstić information content (AvgIpc) is 2.56. The van der Waals surface area contributed by atoms with E-state index in [0.29, 0.717) is 39.0 Å². The van der Waals surface area contributed by atoms with Gasteiger partial charge in [0.2, 0.25) is 0 Å². The molecule has 148 valence electrons. The minimum atomic E-state index is -0.363. The number of aliphatic hydroxyl groups excluding tert-OH is 1. The summed E-state index contributed by atoms with van der Waals surface area (Å²) in [4.78, 5) is 23.3. The standard InChI is InChI=1S/C19H37NO5/c1-5-24-18(22)12-10-8-7-9-11-16(19(23)25-6-2)20-14-13-17(21)15(3)4/h15-17,20-21H,5-14H2,1-4H3. The lowest BCUT2D eigenvalue weighted by Crippen LogP contribution is -2.39. The van der Waals surface area contributed by atoms with Gasteiger partial charge in [-0.15, -0.1) is 0 Å². The third kappa shape index (κ3) is 12.8. The Kier molecular flexibility index (Phi) is 14.5. The summed E-state index contributed by atoms with van der Waals surface area (Å²) in [5.74, 6) is -0.160. The summed E-state index contributed by atoms with van der Waals surface area (Å²) in [5, 5.41) is 13.1. The van der Waals surface area contributed by atoms with Crippen molar-refractivity contribution in [1.29, 1.82) is 0 Å². The van der Waals surface area contributed by atoms with Crippen molar-refractivity contribution in [2.24, 2.45) is 5.92 Å². The molecule has 25 heavy (non-hydrogen) atoms. The molecule has 0 fully saturated rings. The molecule has 0 radical (unpaired) electrons. The Morgan fingerprint density at radius 1 is 0.960 bits per heavy atom. The second kappa shape index (κ2) is 15.1. The molecule has 2 unspecified atom stereocenters. The van der Waals surface area contributed by atoms with Crippen molar-refractivity contribution in [2.75, 3.05) is 19.8 Å². The van der Waals surface area contributed by atoms with E-state index in [-0.39, 0.29) is 30.0 Å². The van der Waals surface area contributed by atoms with E-state index in [1.54, 1.807) is 13.8 Å². The Labute approximate surface area is 152 Å². The molecule has 0 heterocycles. The number of esters is 2. The summed E-state index contributed by atoms with van der Waals surface area (Å²) in [6.45, 7) is 8.94. The zero-order chi connectivity index (χ0) is 19.1. The average molecular weight is 360 g/mol. The van der Waals surface area contributed by atoms with Gasteiger partial charge in [0.25, 0.3) is 0 Å². The van der Waals surface area contributed by atoms with Crippen LogP contribution in [-0.4, -0.2) is 48.9 Å². The monoisotopic (exact) mass is 359 g/mol. The Morgan fingerprint density at radius 3 is 2.20 bits per heavy atom. The molecule has 0 saturated carbocycles. The van der Waals surface area contributed by atoms with E-state index in [1.807, 2.05) is 13.8 Å². The Balaban J connectivity index is 4.03. The van der Waals surface area contributed by atoms with Crippen LogP contribution >= 0.6 is 0 Å². The molecule has 0 aromatic carbocycles. The van der Waals surface area contributed by atoms with Gasteiger partial charge in [-0.25, -0.2) is 0 Å². The highest BCUT2D eigenvalue weighted by Crippen LogP contribution is 2.10. The lowest BCUT2D eigenvalue weighted by molar-refractivity contribution is -0.146. The third-order valence-corrected chi connectivity index (χ3v) is 4.10. The van der Waals surface area contributed by atoms with Crippen molar-refractivity contribution < 1.29 is 24.2 Å². The molecular formula is C19H37NO5. The first-order valence-electron chi connectivity index (χ1n) is 9.66. The van der Waals surface area contributed by atoms with E-state index >= 15 is 0 Å². The van der Waals surface area contributed by atoms with Crippen molar-refractivity contribution in [3.8, 4) is 0 Å². The number of ether oxygens (including phenoxy) is 2. The van der Waals surface area contributed by atoms with Crippen molar-refractivity contribution in [2.45, 2.75) is 84.8 Å². The van der Waals surface area contributed by atoms with Gasteiger partial charge < -0.3 is 19.9 Å². The van der Waals surface area contributed by atoms with Crippen LogP contribution in [0.25, 0.3) is 0 Å². The van der Waals surface area contributed by atoms with Crippen LogP contribution in [0, 0.1) is 5.92 Å². The molecule has 0 aliphatic carbocycles. The topological polar surface area (TPSA) is 84.9 Å². The number of hydrogen-bond acceptors (Lipinski definition) is 6. The van der Waals surface area contributed by atoms with E-state index in [1.165, 1.54) is 0 Å². The SMILES string of the molecule is CCOC(=O)CCCCCCC(NCCC(O)C(C)C)C(=O)OCC. The normalized spacial score (nSPS) is 13.5. The van der Waals surface area contributed by atoms with E-state index < -0.39 is 0 Å². The van der Waals surface area contributed by atoms with Gasteiger partial charge in [-0.05, 0) is 45.6 Å². The first-order valence-corrected chi connectivity index (χ1v) is 9.66. The van der Waals surface area contributed by atoms with Crippen LogP contribution < -0.4 is 5.32 Å². The number of hydrogen-bond donors (Lipinski definition) is 2. The van der Waals surface area contributed by atoms with Crippen LogP contribution in [0.4, 0.5) is 0 Å². The number of nitrogens with one attached hydrogen (secondary N) is 1. The van der Waals surface area contributed by atoms with Gasteiger partial charge in [0.15, 0.2) is 0 Å². The van der Waals surface area contributed by atoms with Crippen molar-refractivity contribution in [1.82, 2.24) is 5.32 Å². The largest absolute Gasteiger partial charge is 0.466 e. The molecule has 0 aromatic heterocycles. The highest BCUT2D eigenvalue weighted by Gasteiger charge is 2.19. The summed E-state index contributed by atoms with van der Waals surface area (Å²) < 4.78 is 10.0. The van der Waals surface area contributed by atoms with Crippen LogP contribution in [0.1, 0.15) is 72.6 Å². The molecule has 0 aliphatic rings. The molecule has 0 amide bonds. The molecule has 0 bridgehead atoms. The van der Waals surface area contributed by atoms with Gasteiger partial charge in [0, 0.05) is 6.42 Å². The summed E-state index contributed by atoms with van der Waals surface area (Å²) >= 11 is 0. The minimum absolute atomic E-state index is 0.141. The molecular weight excluding hydrogens is 322 g/mol. The van der Waals surface area contributed by atoms with Gasteiger partial charge in [0.05, 0.1) is 19.3 Å². The lowest BCUT2D eigenvalue weighted by atomic mass is 10.0. The summed E-state index contributed by atoms with van der Waals surface area (Å²) in [6, 6.07) is -0.329. The van der Waals surface area contributed by atoms with Crippen LogP contribution in [-0.2, 0) is 19.1 Å². The molecule has 0 saturated heterocycles. The van der Waals surface area contributed by atoms with Crippen molar-refractivity contribution >= 4 is 11.9 Å². The third-order valence-electron chi connectivity index (χ3n) is 4.10. The zero-order valence-corrected chi connectivity index (χ0v) is 16.4. The van der Waals surface area contributed by atoms with Gasteiger partial charge in [-0.3, -0.25) is 9.59 Å². The molecule has 0 aliphatic heterocycles. The minimum Gasteiger partial charge on any atom is -0.466 e. The van der Waals surface area contributed by atoms with E-state index in [4.69, 9.17) is 9.47 Å². The van der Waals surface area contributed by atoms with Crippen LogP contribution in [0.15, 0.2) is 0 Å². The first kappa shape index (κ1) is 23.9. The quantitative estimate of drug-likeness (QED) is 0.345. The van der Waals surface area contributed by atoms with E-state index in [2.05, 4.69) is 5.32 Å². The lowest BCUT2D eigenvalue weighted by Gasteiger charge is -2.19. The van der Waals surface area contributed by atoms with E-state index in [0.717, 1.165) is 25.7 Å². The predicted octanol–water partition coefficient (Wildman–Crippen LogP) is 2.82. The molecule has 0 rings (SSSR count). The van der Waals surface area contributed by atoms with E-state index in [9.17, 15) is 14.7 Å². The Bertz CT molecular complexity index is 360. The maximum absolute atomic E-state index is 12.0. The van der Waals surface area contributed by atoms with Gasteiger partial charge in [0.1, 0.15) is 6.04 Å². The Morgan fingerprint density at radius 2 is 1.60 bits per heavy atom. The van der Waals surface area contributed by atoms with Crippen LogP contribution in [0.2, 0.25) is 0 Å².